The molecule has 2 N–H and O–H groups in total. The summed E-state index contributed by atoms with van der Waals surface area (Å²) in [4.78, 5) is 0. The number of hydrogen-bond donors (Lipinski definition) is 1. The lowest BCUT2D eigenvalue weighted by molar-refractivity contribution is 0.00578. The Morgan fingerprint density at radius 2 is 1.60 bits per heavy atom. The van der Waals surface area contributed by atoms with Gasteiger partial charge in [-0.25, -0.2) is 0 Å². The van der Waals surface area contributed by atoms with Gasteiger partial charge in [-0.1, -0.05) is 6.08 Å². The van der Waals surface area contributed by atoms with E-state index >= 15 is 0 Å². The number of hydrogen-bond acceptors (Lipinski definition) is 3. The first-order valence-corrected chi connectivity index (χ1v) is 5.24. The van der Waals surface area contributed by atoms with Gasteiger partial charge in [-0.15, -0.1) is 0 Å². The molecule has 0 bridgehead atoms. The highest BCUT2D eigenvalue weighted by Gasteiger charge is 2.51. The number of allylic oxidation sites excluding steroid dienone is 3. The molecule has 0 aromatic heterocycles. The van der Waals surface area contributed by atoms with Gasteiger partial charge in [0.2, 0.25) is 0 Å². The Kier molecular flexibility index (Phi) is 3.31. The summed E-state index contributed by atoms with van der Waals surface area (Å²) < 4.78 is 11.7. The predicted octanol–water partition coefficient (Wildman–Crippen LogP) is 2.04. The SMILES string of the molecule is C/C=C(/C=C/N)B1OC(C)(C)C(C)(C)O1. The van der Waals surface area contributed by atoms with Gasteiger partial charge < -0.3 is 15.0 Å². The minimum absolute atomic E-state index is 0.297. The van der Waals surface area contributed by atoms with E-state index in [-0.39, 0.29) is 18.3 Å². The van der Waals surface area contributed by atoms with E-state index in [1.54, 1.807) is 0 Å². The molecule has 0 atom stereocenters. The highest BCUT2D eigenvalue weighted by Crippen LogP contribution is 2.38. The third-order valence-electron chi connectivity index (χ3n) is 3.15. The van der Waals surface area contributed by atoms with Gasteiger partial charge in [-0.2, -0.15) is 0 Å². The Morgan fingerprint density at radius 3 is 1.93 bits per heavy atom. The Bertz CT molecular complexity index is 279. The van der Waals surface area contributed by atoms with Gasteiger partial charge in [0, 0.05) is 0 Å². The average Bonchev–Trinajstić information content (AvgIpc) is 2.32. The van der Waals surface area contributed by atoms with E-state index in [2.05, 4.69) is 0 Å². The first-order chi connectivity index (χ1) is 6.84. The lowest BCUT2D eigenvalue weighted by atomic mass is 9.78. The summed E-state index contributed by atoms with van der Waals surface area (Å²) in [6.07, 6.45) is 5.26. The van der Waals surface area contributed by atoms with Crippen LogP contribution in [-0.4, -0.2) is 18.3 Å². The predicted molar refractivity (Wildman–Crippen MR) is 63.2 cm³/mol. The highest BCUT2D eigenvalue weighted by atomic mass is 16.7. The van der Waals surface area contributed by atoms with Crippen molar-refractivity contribution in [1.82, 2.24) is 0 Å². The highest BCUT2D eigenvalue weighted by molar-refractivity contribution is 6.55. The molecule has 1 aliphatic heterocycles. The molecule has 1 heterocycles. The van der Waals surface area contributed by atoms with E-state index in [0.29, 0.717) is 0 Å². The van der Waals surface area contributed by atoms with Crippen molar-refractivity contribution in [3.63, 3.8) is 0 Å². The van der Waals surface area contributed by atoms with Gasteiger partial charge in [0.1, 0.15) is 0 Å². The molecule has 0 saturated carbocycles. The van der Waals surface area contributed by atoms with Crippen LogP contribution in [0.15, 0.2) is 23.8 Å². The molecular weight excluding hydrogens is 189 g/mol. The molecule has 15 heavy (non-hydrogen) atoms. The zero-order valence-corrected chi connectivity index (χ0v) is 10.2. The third-order valence-corrected chi connectivity index (χ3v) is 3.15. The summed E-state index contributed by atoms with van der Waals surface area (Å²) >= 11 is 0. The molecule has 0 aromatic carbocycles. The summed E-state index contributed by atoms with van der Waals surface area (Å²) in [7, 11) is -0.320. The largest absolute Gasteiger partial charge is 0.494 e. The van der Waals surface area contributed by atoms with Crippen LogP contribution in [0.2, 0.25) is 0 Å². The van der Waals surface area contributed by atoms with Crippen molar-refractivity contribution in [3.05, 3.63) is 23.8 Å². The Hall–Kier alpha value is -0.735. The molecule has 1 aliphatic rings. The molecule has 0 aliphatic carbocycles. The second-order valence-corrected chi connectivity index (χ2v) is 4.74. The topological polar surface area (TPSA) is 44.5 Å². The van der Waals surface area contributed by atoms with E-state index in [1.807, 2.05) is 46.8 Å². The van der Waals surface area contributed by atoms with Gasteiger partial charge in [-0.05, 0) is 52.4 Å². The van der Waals surface area contributed by atoms with Crippen molar-refractivity contribution in [3.8, 4) is 0 Å². The normalized spacial score (nSPS) is 25.1. The maximum Gasteiger partial charge on any atom is 0.494 e. The molecule has 0 spiro atoms. The van der Waals surface area contributed by atoms with Crippen LogP contribution in [0.1, 0.15) is 34.6 Å². The van der Waals surface area contributed by atoms with Crippen LogP contribution in [0.3, 0.4) is 0 Å². The Morgan fingerprint density at radius 1 is 1.13 bits per heavy atom. The minimum Gasteiger partial charge on any atom is -0.405 e. The van der Waals surface area contributed by atoms with Crippen LogP contribution in [-0.2, 0) is 9.31 Å². The van der Waals surface area contributed by atoms with Crippen LogP contribution in [0.25, 0.3) is 0 Å². The molecule has 4 heteroatoms. The van der Waals surface area contributed by atoms with Crippen molar-refractivity contribution < 1.29 is 9.31 Å². The van der Waals surface area contributed by atoms with Gasteiger partial charge in [0.05, 0.1) is 11.2 Å². The van der Waals surface area contributed by atoms with Crippen LogP contribution < -0.4 is 5.73 Å². The quantitative estimate of drug-likeness (QED) is 0.559. The van der Waals surface area contributed by atoms with Crippen molar-refractivity contribution in [2.24, 2.45) is 5.73 Å². The first-order valence-electron chi connectivity index (χ1n) is 5.24. The fourth-order valence-electron chi connectivity index (χ4n) is 1.40. The molecular formula is C11H20BNO2. The maximum atomic E-state index is 5.87. The van der Waals surface area contributed by atoms with E-state index < -0.39 is 0 Å². The maximum absolute atomic E-state index is 5.87. The fraction of sp³-hybridized carbons (Fsp3) is 0.636. The molecule has 1 fully saturated rings. The Labute approximate surface area is 92.5 Å². The van der Waals surface area contributed by atoms with Crippen molar-refractivity contribution in [2.45, 2.75) is 45.8 Å². The molecule has 0 amide bonds. The van der Waals surface area contributed by atoms with E-state index in [4.69, 9.17) is 15.0 Å². The summed E-state index contributed by atoms with van der Waals surface area (Å²) in [5.41, 5.74) is 5.74. The summed E-state index contributed by atoms with van der Waals surface area (Å²) in [5.74, 6) is 0. The van der Waals surface area contributed by atoms with Crippen molar-refractivity contribution >= 4 is 7.12 Å². The first kappa shape index (κ1) is 12.3. The monoisotopic (exact) mass is 209 g/mol. The Balaban J connectivity index is 2.87. The second-order valence-electron chi connectivity index (χ2n) is 4.74. The average molecular weight is 209 g/mol. The van der Waals surface area contributed by atoms with Gasteiger partial charge >= 0.3 is 7.12 Å². The smallest absolute Gasteiger partial charge is 0.405 e. The van der Waals surface area contributed by atoms with Gasteiger partial charge in [0.25, 0.3) is 0 Å². The second kappa shape index (κ2) is 4.03. The molecule has 0 unspecified atom stereocenters. The van der Waals surface area contributed by atoms with Crippen LogP contribution in [0.5, 0.6) is 0 Å². The lowest BCUT2D eigenvalue weighted by Gasteiger charge is -2.32. The third kappa shape index (κ3) is 2.26. The molecule has 0 aromatic rings. The molecule has 84 valence electrons. The standard InChI is InChI=1S/C11H20BNO2/c1-6-9(7-8-13)12-14-10(2,3)11(4,5)15-12/h6-8H,13H2,1-5H3/b8-7+,9-6-. The van der Waals surface area contributed by atoms with Crippen LogP contribution >= 0.6 is 0 Å². The zero-order chi connectivity index (χ0) is 11.7. The van der Waals surface area contributed by atoms with Crippen LogP contribution in [0, 0.1) is 0 Å². The van der Waals surface area contributed by atoms with E-state index in [0.717, 1.165) is 5.47 Å². The summed E-state index contributed by atoms with van der Waals surface area (Å²) in [6.45, 7) is 10.1. The van der Waals surface area contributed by atoms with Gasteiger partial charge in [-0.3, -0.25) is 0 Å². The zero-order valence-electron chi connectivity index (χ0n) is 10.2. The molecule has 1 saturated heterocycles. The summed E-state index contributed by atoms with van der Waals surface area (Å²) in [5, 5.41) is 0. The number of nitrogens with two attached hydrogens (primary N) is 1. The van der Waals surface area contributed by atoms with Crippen molar-refractivity contribution in [2.75, 3.05) is 0 Å². The van der Waals surface area contributed by atoms with Crippen molar-refractivity contribution in [1.29, 1.82) is 0 Å². The molecule has 1 rings (SSSR count). The fourth-order valence-corrected chi connectivity index (χ4v) is 1.40. The van der Waals surface area contributed by atoms with Gasteiger partial charge in [0.15, 0.2) is 0 Å². The minimum atomic E-state index is -0.320. The van der Waals surface area contributed by atoms with E-state index in [9.17, 15) is 0 Å². The van der Waals surface area contributed by atoms with E-state index in [1.165, 1.54) is 6.20 Å². The summed E-state index contributed by atoms with van der Waals surface area (Å²) in [6, 6.07) is 0. The molecule has 0 radical (unpaired) electrons. The molecule has 3 nitrogen and oxygen atoms in total. The number of rotatable bonds is 2. The van der Waals surface area contributed by atoms with Crippen LogP contribution in [0.4, 0.5) is 0 Å². The lowest BCUT2D eigenvalue weighted by Crippen LogP contribution is -2.41.